The Kier molecular flexibility index (Phi) is 3.27. The van der Waals surface area contributed by atoms with Crippen LogP contribution in [0, 0.1) is 6.57 Å². The zero-order chi connectivity index (χ0) is 16.6. The molecule has 1 aromatic carbocycles. The summed E-state index contributed by atoms with van der Waals surface area (Å²) in [6, 6.07) is 2.88. The molecule has 2 aromatic heterocycles. The molecule has 3 aromatic rings. The van der Waals surface area contributed by atoms with Gasteiger partial charge in [0, 0.05) is 12.4 Å². The molecule has 0 amide bonds. The van der Waals surface area contributed by atoms with E-state index in [2.05, 4.69) is 14.8 Å². The fourth-order valence-electron chi connectivity index (χ4n) is 2.29. The third-order valence-electron chi connectivity index (χ3n) is 3.27. The highest BCUT2D eigenvalue weighted by molar-refractivity contribution is 5.85. The number of aromatic amines is 1. The number of hydrogen-bond acceptors (Lipinski definition) is 4. The van der Waals surface area contributed by atoms with Crippen LogP contribution in [0.2, 0.25) is 0 Å². The van der Waals surface area contributed by atoms with E-state index in [1.807, 2.05) is 0 Å². The zero-order valence-electron chi connectivity index (χ0n) is 11.6. The van der Waals surface area contributed by atoms with E-state index in [0.717, 1.165) is 4.57 Å². The Labute approximate surface area is 127 Å². The molecule has 0 aliphatic carbocycles. The second-order valence-corrected chi connectivity index (χ2v) is 4.68. The van der Waals surface area contributed by atoms with Crippen LogP contribution in [0.3, 0.4) is 0 Å². The largest absolute Gasteiger partial charge is 0.480 e. The van der Waals surface area contributed by atoms with Crippen LogP contribution in [0.25, 0.3) is 21.6 Å². The molecule has 0 radical (unpaired) electrons. The van der Waals surface area contributed by atoms with E-state index in [-0.39, 0.29) is 16.7 Å². The van der Waals surface area contributed by atoms with Gasteiger partial charge < -0.3 is 14.7 Å². The molecule has 0 atom stereocenters. The van der Waals surface area contributed by atoms with E-state index in [4.69, 9.17) is 11.7 Å². The molecule has 0 saturated carbocycles. The number of H-pyrrole nitrogens is 1. The highest BCUT2D eigenvalue weighted by atomic mass is 16.4. The number of carboxylic acid groups (broad SMARTS) is 1. The first-order valence-corrected chi connectivity index (χ1v) is 6.39. The summed E-state index contributed by atoms with van der Waals surface area (Å²) < 4.78 is 2.43. The van der Waals surface area contributed by atoms with Crippen LogP contribution < -0.4 is 11.1 Å². The van der Waals surface area contributed by atoms with Crippen molar-refractivity contribution in [2.45, 2.75) is 6.54 Å². The lowest BCUT2D eigenvalue weighted by Gasteiger charge is -2.11. The number of aromatic nitrogens is 4. The lowest BCUT2D eigenvalue weighted by Crippen LogP contribution is -2.37. The van der Waals surface area contributed by atoms with Crippen LogP contribution in [-0.4, -0.2) is 30.2 Å². The van der Waals surface area contributed by atoms with E-state index in [1.165, 1.54) is 24.7 Å². The lowest BCUT2D eigenvalue weighted by atomic mass is 10.2. The summed E-state index contributed by atoms with van der Waals surface area (Å²) in [6.07, 6.45) is 4.61. The zero-order valence-corrected chi connectivity index (χ0v) is 11.6. The molecule has 0 aliphatic rings. The maximum atomic E-state index is 11.9. The van der Waals surface area contributed by atoms with Gasteiger partial charge in [-0.1, -0.05) is 0 Å². The average Bonchev–Trinajstić information content (AvgIpc) is 3.04. The topological polar surface area (TPSA) is 114 Å². The number of carboxylic acids is 1. The smallest absolute Gasteiger partial charge is 0.323 e. The van der Waals surface area contributed by atoms with Crippen molar-refractivity contribution in [2.75, 3.05) is 0 Å². The third-order valence-corrected chi connectivity index (χ3v) is 3.27. The minimum Gasteiger partial charge on any atom is -0.480 e. The van der Waals surface area contributed by atoms with Crippen molar-refractivity contribution < 1.29 is 9.90 Å². The first-order valence-electron chi connectivity index (χ1n) is 6.39. The first kappa shape index (κ1) is 14.3. The molecule has 3 rings (SSSR count). The Morgan fingerprint density at radius 2 is 2.17 bits per heavy atom. The molecular formula is C14H9N5O4. The average molecular weight is 311 g/mol. The molecule has 0 fully saturated rings. The number of aliphatic carboxylic acids is 1. The summed E-state index contributed by atoms with van der Waals surface area (Å²) in [7, 11) is 0. The Morgan fingerprint density at radius 3 is 2.78 bits per heavy atom. The van der Waals surface area contributed by atoms with Crippen molar-refractivity contribution in [3.05, 3.63) is 63.0 Å². The molecule has 9 nitrogen and oxygen atoms in total. The molecule has 0 unspecified atom stereocenters. The normalized spacial score (nSPS) is 10.6. The van der Waals surface area contributed by atoms with E-state index in [0.29, 0.717) is 5.69 Å². The number of nitrogens with zero attached hydrogens (tertiary/aromatic N) is 4. The second kappa shape index (κ2) is 5.27. The van der Waals surface area contributed by atoms with Crippen LogP contribution in [0.4, 0.5) is 5.69 Å². The summed E-state index contributed by atoms with van der Waals surface area (Å²) in [4.78, 5) is 44.3. The predicted molar refractivity (Wildman–Crippen MR) is 79.8 cm³/mol. The summed E-state index contributed by atoms with van der Waals surface area (Å²) in [6.45, 7) is 6.61. The molecular weight excluding hydrogens is 302 g/mol. The van der Waals surface area contributed by atoms with Gasteiger partial charge in [0.1, 0.15) is 6.54 Å². The Morgan fingerprint density at radius 1 is 1.39 bits per heavy atom. The third kappa shape index (κ3) is 2.38. The predicted octanol–water partition coefficient (Wildman–Crippen LogP) is 0.511. The summed E-state index contributed by atoms with van der Waals surface area (Å²) in [5.74, 6) is -1.25. The maximum Gasteiger partial charge on any atom is 0.323 e. The molecule has 0 saturated heterocycles. The highest BCUT2D eigenvalue weighted by Crippen LogP contribution is 2.27. The van der Waals surface area contributed by atoms with Crippen LogP contribution in [-0.2, 0) is 11.3 Å². The van der Waals surface area contributed by atoms with Crippen LogP contribution >= 0.6 is 0 Å². The van der Waals surface area contributed by atoms with Gasteiger partial charge in [-0.3, -0.25) is 19.0 Å². The fourth-order valence-corrected chi connectivity index (χ4v) is 2.29. The number of nitrogens with one attached hydrogen (secondary N) is 1. The van der Waals surface area contributed by atoms with Gasteiger partial charge in [0.2, 0.25) is 5.69 Å². The molecule has 9 heteroatoms. The number of benzene rings is 1. The number of fused-ring (bicyclic) bond motifs is 1. The van der Waals surface area contributed by atoms with Gasteiger partial charge in [-0.05, 0) is 12.1 Å². The van der Waals surface area contributed by atoms with E-state index >= 15 is 0 Å². The summed E-state index contributed by atoms with van der Waals surface area (Å²) >= 11 is 0. The van der Waals surface area contributed by atoms with Crippen LogP contribution in [0.15, 0.2) is 40.4 Å². The fraction of sp³-hybridized carbons (Fsp3) is 0.0714. The molecule has 23 heavy (non-hydrogen) atoms. The van der Waals surface area contributed by atoms with Crippen molar-refractivity contribution in [3.8, 4) is 5.69 Å². The van der Waals surface area contributed by atoms with E-state index < -0.39 is 23.6 Å². The number of hydrogen-bond donors (Lipinski definition) is 2. The maximum absolute atomic E-state index is 11.9. The standard InChI is InChI=1S/C14H9N5O4/c1-15-8-4-9-11(5-10(8)18-3-2-16-7-18)19(6-12(20)21)14(23)13(22)17-9/h2-5,7H,6H2,(H,17,22)(H,20,21). The quantitative estimate of drug-likeness (QED) is 0.540. The first-order chi connectivity index (χ1) is 11.0. The number of rotatable bonds is 3. The van der Waals surface area contributed by atoms with Gasteiger partial charge in [0.25, 0.3) is 0 Å². The molecule has 0 bridgehead atoms. The van der Waals surface area contributed by atoms with Gasteiger partial charge >= 0.3 is 17.1 Å². The van der Waals surface area contributed by atoms with Gasteiger partial charge in [-0.15, -0.1) is 0 Å². The minimum atomic E-state index is -1.25. The van der Waals surface area contributed by atoms with Crippen molar-refractivity contribution in [1.29, 1.82) is 0 Å². The van der Waals surface area contributed by atoms with Crippen LogP contribution in [0.5, 0.6) is 0 Å². The van der Waals surface area contributed by atoms with Gasteiger partial charge in [-0.2, -0.15) is 0 Å². The monoisotopic (exact) mass is 311 g/mol. The second-order valence-electron chi connectivity index (χ2n) is 4.68. The molecule has 0 aliphatic heterocycles. The Bertz CT molecular complexity index is 1070. The summed E-state index contributed by atoms with van der Waals surface area (Å²) in [5, 5.41) is 8.96. The van der Waals surface area contributed by atoms with Gasteiger partial charge in [-0.25, -0.2) is 9.83 Å². The molecule has 0 spiro atoms. The van der Waals surface area contributed by atoms with Crippen molar-refractivity contribution in [3.63, 3.8) is 0 Å². The SMILES string of the molecule is [C-]#[N+]c1cc2[nH]c(=O)c(=O)n(CC(=O)O)c2cc1-n1ccnc1. The van der Waals surface area contributed by atoms with Crippen molar-refractivity contribution >= 4 is 22.7 Å². The number of imidazole rings is 1. The summed E-state index contributed by atoms with van der Waals surface area (Å²) in [5.41, 5.74) is -0.821. The highest BCUT2D eigenvalue weighted by Gasteiger charge is 2.14. The van der Waals surface area contributed by atoms with Crippen molar-refractivity contribution in [2.24, 2.45) is 0 Å². The molecule has 2 heterocycles. The van der Waals surface area contributed by atoms with E-state index in [9.17, 15) is 14.4 Å². The van der Waals surface area contributed by atoms with Gasteiger partial charge in [0.15, 0.2) is 0 Å². The molecule has 114 valence electrons. The Hall–Kier alpha value is -3.67. The van der Waals surface area contributed by atoms with Gasteiger partial charge in [0.05, 0.1) is 29.6 Å². The van der Waals surface area contributed by atoms with E-state index in [1.54, 1.807) is 10.8 Å². The number of carbonyl (C=O) groups is 1. The Balaban J connectivity index is 2.43. The minimum absolute atomic E-state index is 0.214. The van der Waals surface area contributed by atoms with Crippen molar-refractivity contribution in [1.82, 2.24) is 19.1 Å². The van der Waals surface area contributed by atoms with Crippen LogP contribution in [0.1, 0.15) is 0 Å². The lowest BCUT2D eigenvalue weighted by molar-refractivity contribution is -0.137. The molecule has 2 N–H and O–H groups in total.